The summed E-state index contributed by atoms with van der Waals surface area (Å²) in [4.78, 5) is 15.8. The summed E-state index contributed by atoms with van der Waals surface area (Å²) >= 11 is 0. The highest BCUT2D eigenvalue weighted by Crippen LogP contribution is 2.25. The van der Waals surface area contributed by atoms with E-state index in [1.807, 2.05) is 6.92 Å². The Hall–Kier alpha value is -0.650. The molecule has 0 saturated carbocycles. The fourth-order valence-electron chi connectivity index (χ4n) is 3.21. The Balaban J connectivity index is 1.91. The highest BCUT2D eigenvalue weighted by atomic mass is 16.5. The van der Waals surface area contributed by atoms with Crippen LogP contribution in [0.1, 0.15) is 27.2 Å². The summed E-state index contributed by atoms with van der Waals surface area (Å²) in [6.07, 6.45) is 1.11. The number of likely N-dealkylation sites (tertiary alicyclic amines) is 1. The maximum absolute atomic E-state index is 11.3. The summed E-state index contributed by atoms with van der Waals surface area (Å²) in [7, 11) is 0. The van der Waals surface area contributed by atoms with Crippen LogP contribution < -0.4 is 0 Å². The third-order valence-electron chi connectivity index (χ3n) is 4.40. The highest BCUT2D eigenvalue weighted by Gasteiger charge is 2.38. The molecule has 0 aromatic carbocycles. The number of carboxylic acids is 1. The van der Waals surface area contributed by atoms with Crippen LogP contribution in [-0.4, -0.2) is 71.8 Å². The fourth-order valence-corrected chi connectivity index (χ4v) is 3.21. The largest absolute Gasteiger partial charge is 0.480 e. The zero-order chi connectivity index (χ0) is 14.0. The van der Waals surface area contributed by atoms with E-state index in [4.69, 9.17) is 4.74 Å². The van der Waals surface area contributed by atoms with Crippen LogP contribution in [0.3, 0.4) is 0 Å². The maximum atomic E-state index is 11.3. The lowest BCUT2D eigenvalue weighted by Gasteiger charge is -2.37. The van der Waals surface area contributed by atoms with Gasteiger partial charge >= 0.3 is 5.97 Å². The van der Waals surface area contributed by atoms with Crippen LogP contribution in [0.5, 0.6) is 0 Å². The van der Waals surface area contributed by atoms with Crippen molar-refractivity contribution in [2.75, 3.05) is 32.8 Å². The number of nitrogens with zero attached hydrogens (tertiary/aromatic N) is 2. The van der Waals surface area contributed by atoms with Gasteiger partial charge in [-0.3, -0.25) is 14.6 Å². The first-order chi connectivity index (χ1) is 8.99. The van der Waals surface area contributed by atoms with Crippen molar-refractivity contribution in [3.63, 3.8) is 0 Å². The van der Waals surface area contributed by atoms with E-state index in [0.29, 0.717) is 6.04 Å². The molecular weight excluding hydrogens is 244 g/mol. The zero-order valence-corrected chi connectivity index (χ0v) is 12.2. The number of carboxylic acid groups (broad SMARTS) is 1. The molecule has 110 valence electrons. The Kier molecular flexibility index (Phi) is 4.81. The monoisotopic (exact) mass is 270 g/mol. The van der Waals surface area contributed by atoms with Crippen molar-refractivity contribution in [2.45, 2.75) is 45.4 Å². The number of rotatable bonds is 4. The molecule has 3 atom stereocenters. The van der Waals surface area contributed by atoms with Gasteiger partial charge in [-0.05, 0) is 32.7 Å². The smallest absolute Gasteiger partial charge is 0.321 e. The first kappa shape index (κ1) is 14.8. The van der Waals surface area contributed by atoms with Crippen molar-refractivity contribution in [2.24, 2.45) is 5.92 Å². The van der Waals surface area contributed by atoms with Gasteiger partial charge < -0.3 is 9.84 Å². The minimum atomic E-state index is -0.693. The van der Waals surface area contributed by atoms with Crippen molar-refractivity contribution in [3.05, 3.63) is 0 Å². The quantitative estimate of drug-likeness (QED) is 0.822. The molecule has 0 spiro atoms. The highest BCUT2D eigenvalue weighted by molar-refractivity contribution is 5.74. The number of hydrogen-bond donors (Lipinski definition) is 1. The van der Waals surface area contributed by atoms with Crippen LogP contribution in [0, 0.1) is 5.92 Å². The van der Waals surface area contributed by atoms with Gasteiger partial charge in [-0.15, -0.1) is 0 Å². The average molecular weight is 270 g/mol. The molecule has 0 radical (unpaired) electrons. The number of morpholine rings is 1. The molecule has 2 saturated heterocycles. The second kappa shape index (κ2) is 6.20. The number of ether oxygens (including phenoxy) is 1. The van der Waals surface area contributed by atoms with Gasteiger partial charge in [0.1, 0.15) is 6.04 Å². The van der Waals surface area contributed by atoms with Crippen molar-refractivity contribution in [1.29, 1.82) is 0 Å². The molecule has 0 amide bonds. The molecule has 0 aromatic rings. The predicted octanol–water partition coefficient (Wildman–Crippen LogP) is 0.891. The van der Waals surface area contributed by atoms with Gasteiger partial charge in [0, 0.05) is 25.7 Å². The van der Waals surface area contributed by atoms with Gasteiger partial charge in [0.05, 0.1) is 12.7 Å². The molecule has 0 bridgehead atoms. The topological polar surface area (TPSA) is 53.0 Å². The molecule has 0 aromatic heterocycles. The van der Waals surface area contributed by atoms with Gasteiger partial charge in [0.25, 0.3) is 0 Å². The van der Waals surface area contributed by atoms with E-state index in [1.165, 1.54) is 0 Å². The predicted molar refractivity (Wildman–Crippen MR) is 73.2 cm³/mol. The van der Waals surface area contributed by atoms with E-state index in [1.54, 1.807) is 0 Å². The van der Waals surface area contributed by atoms with Gasteiger partial charge in [-0.1, -0.05) is 6.92 Å². The van der Waals surface area contributed by atoms with Crippen molar-refractivity contribution in [1.82, 2.24) is 9.80 Å². The Labute approximate surface area is 115 Å². The van der Waals surface area contributed by atoms with Crippen LogP contribution >= 0.6 is 0 Å². The molecule has 2 fully saturated rings. The van der Waals surface area contributed by atoms with E-state index >= 15 is 0 Å². The second-order valence-electron chi connectivity index (χ2n) is 6.13. The molecule has 2 rings (SSSR count). The van der Waals surface area contributed by atoms with E-state index in [-0.39, 0.29) is 18.1 Å². The third-order valence-corrected chi connectivity index (χ3v) is 4.40. The number of carbonyl (C=O) groups is 1. The lowest BCUT2D eigenvalue weighted by molar-refractivity contribution is -0.144. The van der Waals surface area contributed by atoms with Crippen LogP contribution in [0.4, 0.5) is 0 Å². The van der Waals surface area contributed by atoms with Gasteiger partial charge in [-0.2, -0.15) is 0 Å². The Bertz CT molecular complexity index is 322. The molecule has 5 heteroatoms. The van der Waals surface area contributed by atoms with Crippen molar-refractivity contribution >= 4 is 5.97 Å². The lowest BCUT2D eigenvalue weighted by atomic mass is 10.0. The van der Waals surface area contributed by atoms with Gasteiger partial charge in [-0.25, -0.2) is 0 Å². The summed E-state index contributed by atoms with van der Waals surface area (Å²) in [5.74, 6) is -0.455. The molecule has 0 aliphatic carbocycles. The summed E-state index contributed by atoms with van der Waals surface area (Å²) < 4.78 is 5.81. The fraction of sp³-hybridized carbons (Fsp3) is 0.929. The summed E-state index contributed by atoms with van der Waals surface area (Å²) in [6.45, 7) is 10.7. The molecule has 3 unspecified atom stereocenters. The molecule has 19 heavy (non-hydrogen) atoms. The first-order valence-electron chi connectivity index (χ1n) is 7.31. The average Bonchev–Trinajstić information content (AvgIpc) is 2.70. The van der Waals surface area contributed by atoms with Crippen LogP contribution in [-0.2, 0) is 9.53 Å². The van der Waals surface area contributed by atoms with E-state index < -0.39 is 5.97 Å². The number of aliphatic carboxylic acids is 1. The van der Waals surface area contributed by atoms with Crippen molar-refractivity contribution < 1.29 is 14.6 Å². The summed E-state index contributed by atoms with van der Waals surface area (Å²) in [5.41, 5.74) is 0. The lowest BCUT2D eigenvalue weighted by Crippen LogP contribution is -2.51. The van der Waals surface area contributed by atoms with E-state index in [9.17, 15) is 9.90 Å². The van der Waals surface area contributed by atoms with Crippen LogP contribution in [0.2, 0.25) is 0 Å². The molecular formula is C14H26N2O3. The minimum Gasteiger partial charge on any atom is -0.480 e. The molecule has 2 heterocycles. The van der Waals surface area contributed by atoms with Crippen molar-refractivity contribution in [3.8, 4) is 0 Å². The zero-order valence-electron chi connectivity index (χ0n) is 12.2. The molecule has 5 nitrogen and oxygen atoms in total. The first-order valence-corrected chi connectivity index (χ1v) is 7.31. The Morgan fingerprint density at radius 2 is 2.16 bits per heavy atom. The SMILES string of the molecule is CC1CCN(CC2CN(C(C)C)CCO2)C1C(=O)O. The number of hydrogen-bond acceptors (Lipinski definition) is 4. The van der Waals surface area contributed by atoms with Gasteiger partial charge in [0.15, 0.2) is 0 Å². The Morgan fingerprint density at radius 3 is 2.79 bits per heavy atom. The minimum absolute atomic E-state index is 0.142. The molecule has 2 aliphatic heterocycles. The van der Waals surface area contributed by atoms with Crippen LogP contribution in [0.15, 0.2) is 0 Å². The maximum Gasteiger partial charge on any atom is 0.321 e. The third kappa shape index (κ3) is 3.46. The van der Waals surface area contributed by atoms with E-state index in [2.05, 4.69) is 23.6 Å². The second-order valence-corrected chi connectivity index (χ2v) is 6.13. The van der Waals surface area contributed by atoms with Crippen LogP contribution in [0.25, 0.3) is 0 Å². The normalized spacial score (nSPS) is 34.0. The summed E-state index contributed by atoms with van der Waals surface area (Å²) in [6, 6.07) is 0.192. The van der Waals surface area contributed by atoms with E-state index in [0.717, 1.165) is 39.2 Å². The molecule has 1 N–H and O–H groups in total. The van der Waals surface area contributed by atoms with Gasteiger partial charge in [0.2, 0.25) is 0 Å². The standard InChI is InChI=1S/C14H26N2O3/c1-10(2)15-6-7-19-12(8-15)9-16-5-4-11(3)13(16)14(17)18/h10-13H,4-9H2,1-3H3,(H,17,18). The summed E-state index contributed by atoms with van der Waals surface area (Å²) in [5, 5.41) is 9.33. The molecule has 2 aliphatic rings. The Morgan fingerprint density at radius 1 is 1.42 bits per heavy atom.